The summed E-state index contributed by atoms with van der Waals surface area (Å²) >= 11 is 0. The molecule has 0 saturated carbocycles. The molecular weight excluding hydrogens is 477 g/mol. The molecule has 1 atom stereocenters. The summed E-state index contributed by atoms with van der Waals surface area (Å²) in [5, 5.41) is 2.86. The van der Waals surface area contributed by atoms with Gasteiger partial charge in [0.15, 0.2) is 11.6 Å². The summed E-state index contributed by atoms with van der Waals surface area (Å²) in [4.78, 5) is 37.6. The molecule has 1 saturated heterocycles. The molecule has 2 amide bonds. The molecule has 9 nitrogen and oxygen atoms in total. The van der Waals surface area contributed by atoms with Crippen LogP contribution in [-0.4, -0.2) is 64.7 Å². The van der Waals surface area contributed by atoms with Gasteiger partial charge < -0.3 is 24.6 Å². The zero-order valence-electron chi connectivity index (χ0n) is 22.6. The van der Waals surface area contributed by atoms with Crippen LogP contribution in [0.2, 0.25) is 0 Å². The van der Waals surface area contributed by atoms with Crippen molar-refractivity contribution in [3.05, 3.63) is 42.1 Å². The molecule has 10 heteroatoms. The minimum atomic E-state index is -0.556. The molecule has 1 aromatic carbocycles. The number of nitrogens with zero attached hydrogens (tertiary/aromatic N) is 4. The quantitative estimate of drug-likeness (QED) is 0.527. The Hall–Kier alpha value is -3.43. The fraction of sp³-hybridized carbons (Fsp3) is 0.556. The molecule has 0 radical (unpaired) electrons. The third kappa shape index (κ3) is 7.77. The Bertz CT molecular complexity index is 1090. The minimum Gasteiger partial charge on any atom is -0.451 e. The van der Waals surface area contributed by atoms with Gasteiger partial charge in [0.25, 0.3) is 5.91 Å². The third-order valence-corrected chi connectivity index (χ3v) is 6.03. The fourth-order valence-electron chi connectivity index (χ4n) is 4.36. The van der Waals surface area contributed by atoms with Gasteiger partial charge in [0.2, 0.25) is 0 Å². The number of hydrogen-bond acceptors (Lipinski definition) is 7. The molecular formula is C27H38FN5O4. The monoisotopic (exact) mass is 515 g/mol. The first kappa shape index (κ1) is 28.1. The summed E-state index contributed by atoms with van der Waals surface area (Å²) in [5.74, 6) is 0.554. The second kappa shape index (κ2) is 12.2. The van der Waals surface area contributed by atoms with Crippen LogP contribution < -0.4 is 15.0 Å². The number of anilines is 1. The van der Waals surface area contributed by atoms with Crippen LogP contribution in [0.15, 0.2) is 30.7 Å². The number of hydrogen-bond donors (Lipinski definition) is 1. The van der Waals surface area contributed by atoms with E-state index in [0.717, 1.165) is 19.4 Å². The van der Waals surface area contributed by atoms with Crippen LogP contribution in [0.3, 0.4) is 0 Å². The van der Waals surface area contributed by atoms with Crippen molar-refractivity contribution >= 4 is 17.8 Å². The largest absolute Gasteiger partial charge is 0.451 e. The molecule has 37 heavy (non-hydrogen) atoms. The van der Waals surface area contributed by atoms with Crippen molar-refractivity contribution in [1.82, 2.24) is 20.2 Å². The van der Waals surface area contributed by atoms with Crippen molar-refractivity contribution in [3.63, 3.8) is 0 Å². The van der Waals surface area contributed by atoms with Crippen molar-refractivity contribution in [3.8, 4) is 11.5 Å². The van der Waals surface area contributed by atoms with Gasteiger partial charge in [-0.25, -0.2) is 19.2 Å². The highest BCUT2D eigenvalue weighted by molar-refractivity contribution is 5.97. The number of piperidine rings is 1. The zero-order chi connectivity index (χ0) is 27.2. The molecule has 0 aliphatic carbocycles. The smallest absolute Gasteiger partial charge is 0.407 e. The lowest BCUT2D eigenvalue weighted by Crippen LogP contribution is -2.42. The first-order valence-corrected chi connectivity index (χ1v) is 12.8. The topological polar surface area (TPSA) is 96.9 Å². The van der Waals surface area contributed by atoms with Gasteiger partial charge >= 0.3 is 6.09 Å². The summed E-state index contributed by atoms with van der Waals surface area (Å²) in [6.45, 7) is 13.5. The number of benzene rings is 1. The molecule has 2 aromatic rings. The van der Waals surface area contributed by atoms with Crippen LogP contribution in [0.5, 0.6) is 11.5 Å². The number of halogens is 1. The number of carbonyl (C=O) groups is 2. The average molecular weight is 516 g/mol. The molecule has 3 rings (SSSR count). The number of carbonyl (C=O) groups excluding carboxylic acids is 2. The average Bonchev–Trinajstić information content (AvgIpc) is 2.83. The Balaban J connectivity index is 1.78. The van der Waals surface area contributed by atoms with Gasteiger partial charge in [0, 0.05) is 32.2 Å². The standard InChI is InChI=1S/C27H38FN5O4/c1-7-33(18(2)3)25(34)21-13-20(28)10-11-22(21)36-23-15-29-17-31-24(23)32-12-8-9-19(16-32)14-30-26(35)37-27(4,5)6/h10-11,13,15,17-19H,7-9,12,14,16H2,1-6H3,(H,30,35). The highest BCUT2D eigenvalue weighted by atomic mass is 19.1. The molecule has 1 aliphatic rings. The van der Waals surface area contributed by atoms with E-state index in [9.17, 15) is 14.0 Å². The molecule has 1 aromatic heterocycles. The molecule has 1 N–H and O–H groups in total. The van der Waals surface area contributed by atoms with Crippen molar-refractivity contribution in [1.29, 1.82) is 0 Å². The zero-order valence-corrected chi connectivity index (χ0v) is 22.6. The molecule has 1 aliphatic heterocycles. The van der Waals surface area contributed by atoms with Crippen molar-refractivity contribution in [2.45, 2.75) is 66.0 Å². The van der Waals surface area contributed by atoms with Crippen LogP contribution in [0.4, 0.5) is 15.0 Å². The predicted molar refractivity (Wildman–Crippen MR) is 140 cm³/mol. The van der Waals surface area contributed by atoms with Gasteiger partial charge in [-0.1, -0.05) is 0 Å². The number of amides is 2. The van der Waals surface area contributed by atoms with Crippen LogP contribution in [0, 0.1) is 11.7 Å². The molecule has 0 bridgehead atoms. The maximum atomic E-state index is 14.2. The SMILES string of the molecule is CCN(C(=O)c1cc(F)ccc1Oc1cncnc1N1CCCC(CNC(=O)OC(C)(C)C)C1)C(C)C. The number of ether oxygens (including phenoxy) is 2. The van der Waals surface area contributed by atoms with E-state index < -0.39 is 17.5 Å². The van der Waals surface area contributed by atoms with Gasteiger partial charge in [-0.2, -0.15) is 0 Å². The Morgan fingerprint density at radius 3 is 2.70 bits per heavy atom. The molecule has 2 heterocycles. The van der Waals surface area contributed by atoms with E-state index in [1.807, 2.05) is 41.5 Å². The van der Waals surface area contributed by atoms with Gasteiger partial charge in [0.1, 0.15) is 23.5 Å². The summed E-state index contributed by atoms with van der Waals surface area (Å²) in [6, 6.07) is 3.87. The lowest BCUT2D eigenvalue weighted by atomic mass is 9.98. The Kier molecular flexibility index (Phi) is 9.29. The second-order valence-electron chi connectivity index (χ2n) is 10.5. The summed E-state index contributed by atoms with van der Waals surface area (Å²) in [5.41, 5.74) is -0.414. The fourth-order valence-corrected chi connectivity index (χ4v) is 4.36. The summed E-state index contributed by atoms with van der Waals surface area (Å²) < 4.78 is 25.7. The van der Waals surface area contributed by atoms with Gasteiger partial charge in [-0.3, -0.25) is 4.79 Å². The molecule has 0 spiro atoms. The van der Waals surface area contributed by atoms with Crippen molar-refractivity contribution in [2.75, 3.05) is 31.1 Å². The maximum Gasteiger partial charge on any atom is 0.407 e. The maximum absolute atomic E-state index is 14.2. The highest BCUT2D eigenvalue weighted by Gasteiger charge is 2.27. The molecule has 1 fully saturated rings. The van der Waals surface area contributed by atoms with Crippen LogP contribution in [0.25, 0.3) is 0 Å². The van der Waals surface area contributed by atoms with E-state index in [2.05, 4.69) is 20.2 Å². The predicted octanol–water partition coefficient (Wildman–Crippen LogP) is 5.02. The van der Waals surface area contributed by atoms with Crippen molar-refractivity contribution in [2.24, 2.45) is 5.92 Å². The Morgan fingerprint density at radius 2 is 2.03 bits per heavy atom. The molecule has 202 valence electrons. The lowest BCUT2D eigenvalue weighted by molar-refractivity contribution is 0.0517. The van der Waals surface area contributed by atoms with E-state index in [0.29, 0.717) is 31.2 Å². The van der Waals surface area contributed by atoms with Crippen molar-refractivity contribution < 1.29 is 23.5 Å². The van der Waals surface area contributed by atoms with E-state index >= 15 is 0 Å². The Morgan fingerprint density at radius 1 is 1.27 bits per heavy atom. The second-order valence-corrected chi connectivity index (χ2v) is 10.5. The van der Waals surface area contributed by atoms with E-state index in [4.69, 9.17) is 9.47 Å². The normalized spacial score (nSPS) is 15.9. The summed E-state index contributed by atoms with van der Waals surface area (Å²) in [6.07, 6.45) is 4.41. The van der Waals surface area contributed by atoms with E-state index in [1.54, 1.807) is 11.1 Å². The number of aromatic nitrogens is 2. The van der Waals surface area contributed by atoms with E-state index in [-0.39, 0.29) is 29.2 Å². The lowest BCUT2D eigenvalue weighted by Gasteiger charge is -2.34. The Labute approximate surface area is 218 Å². The van der Waals surface area contributed by atoms with Crippen LogP contribution >= 0.6 is 0 Å². The third-order valence-electron chi connectivity index (χ3n) is 6.03. The van der Waals surface area contributed by atoms with Crippen LogP contribution in [0.1, 0.15) is 64.7 Å². The number of rotatable bonds is 8. The van der Waals surface area contributed by atoms with Gasteiger partial charge in [-0.05, 0) is 78.5 Å². The van der Waals surface area contributed by atoms with Gasteiger partial charge in [0.05, 0.1) is 11.8 Å². The summed E-state index contributed by atoms with van der Waals surface area (Å²) in [7, 11) is 0. The first-order valence-electron chi connectivity index (χ1n) is 12.8. The number of alkyl carbamates (subject to hydrolysis) is 1. The van der Waals surface area contributed by atoms with Crippen LogP contribution in [-0.2, 0) is 4.74 Å². The highest BCUT2D eigenvalue weighted by Crippen LogP contribution is 2.34. The van der Waals surface area contributed by atoms with E-state index in [1.165, 1.54) is 24.5 Å². The molecule has 1 unspecified atom stereocenters. The van der Waals surface area contributed by atoms with Gasteiger partial charge in [-0.15, -0.1) is 0 Å². The number of nitrogens with one attached hydrogen (secondary N) is 1. The minimum absolute atomic E-state index is 0.0520. The first-order chi connectivity index (χ1) is 17.5.